The first-order valence-electron chi connectivity index (χ1n) is 4.92. The summed E-state index contributed by atoms with van der Waals surface area (Å²) in [5.74, 6) is -0.434. The van der Waals surface area contributed by atoms with Crippen LogP contribution >= 0.6 is 0 Å². The van der Waals surface area contributed by atoms with E-state index in [0.29, 0.717) is 5.69 Å². The van der Waals surface area contributed by atoms with Crippen LogP contribution in [0, 0.1) is 5.82 Å². The molecular weight excluding hydrogens is 237 g/mol. The van der Waals surface area contributed by atoms with Gasteiger partial charge in [-0.05, 0) is 12.1 Å². The molecular formula is C10H10FN7. The van der Waals surface area contributed by atoms with Gasteiger partial charge in [-0.25, -0.2) is 4.39 Å². The number of nitrogen functional groups attached to an aromatic ring is 3. The second-order valence-electron chi connectivity index (χ2n) is 3.38. The van der Waals surface area contributed by atoms with Crippen molar-refractivity contribution in [2.45, 2.75) is 0 Å². The molecule has 8 heteroatoms. The summed E-state index contributed by atoms with van der Waals surface area (Å²) in [5, 5.41) is 7.58. The topological polar surface area (TPSA) is 129 Å². The number of azo groups is 1. The smallest absolute Gasteiger partial charge is 0.224 e. The van der Waals surface area contributed by atoms with E-state index in [-0.39, 0.29) is 23.3 Å². The standard InChI is InChI=1S/C10H10FN7/c11-5-2-1-3-6(4-5)17-18-7-8(12)15-10(14)16-9(7)13/h1-4H,(H6,12,13,14,15,16). The molecule has 1 heterocycles. The molecule has 0 bridgehead atoms. The molecule has 2 rings (SSSR count). The van der Waals surface area contributed by atoms with Gasteiger partial charge in [0.15, 0.2) is 17.3 Å². The molecule has 1 aromatic heterocycles. The van der Waals surface area contributed by atoms with Gasteiger partial charge in [0.05, 0.1) is 5.69 Å². The van der Waals surface area contributed by atoms with Crippen LogP contribution in [0.4, 0.5) is 33.3 Å². The van der Waals surface area contributed by atoms with Crippen LogP contribution in [-0.4, -0.2) is 9.97 Å². The molecule has 0 spiro atoms. The number of nitrogens with zero attached hydrogens (tertiary/aromatic N) is 4. The molecule has 0 amide bonds. The maximum absolute atomic E-state index is 12.9. The summed E-state index contributed by atoms with van der Waals surface area (Å²) in [5.41, 5.74) is 16.9. The molecule has 0 fully saturated rings. The highest BCUT2D eigenvalue weighted by Gasteiger charge is 2.07. The Morgan fingerprint density at radius 2 is 1.67 bits per heavy atom. The fourth-order valence-corrected chi connectivity index (χ4v) is 1.26. The van der Waals surface area contributed by atoms with E-state index in [1.165, 1.54) is 18.2 Å². The summed E-state index contributed by atoms with van der Waals surface area (Å²) in [7, 11) is 0. The molecule has 18 heavy (non-hydrogen) atoms. The number of anilines is 3. The Hall–Kier alpha value is -2.77. The highest BCUT2D eigenvalue weighted by Crippen LogP contribution is 2.28. The van der Waals surface area contributed by atoms with Crippen LogP contribution in [0.15, 0.2) is 34.5 Å². The third-order valence-electron chi connectivity index (χ3n) is 2.03. The van der Waals surface area contributed by atoms with E-state index in [0.717, 1.165) is 0 Å². The largest absolute Gasteiger partial charge is 0.382 e. The van der Waals surface area contributed by atoms with Crippen molar-refractivity contribution in [2.24, 2.45) is 10.2 Å². The molecule has 1 aromatic carbocycles. The van der Waals surface area contributed by atoms with Crippen molar-refractivity contribution in [3.8, 4) is 0 Å². The molecule has 92 valence electrons. The monoisotopic (exact) mass is 247 g/mol. The predicted molar refractivity (Wildman–Crippen MR) is 65.8 cm³/mol. The van der Waals surface area contributed by atoms with Gasteiger partial charge in [0.25, 0.3) is 0 Å². The molecule has 0 radical (unpaired) electrons. The summed E-state index contributed by atoms with van der Waals surface area (Å²) >= 11 is 0. The summed E-state index contributed by atoms with van der Waals surface area (Å²) < 4.78 is 12.9. The van der Waals surface area contributed by atoms with Crippen molar-refractivity contribution < 1.29 is 4.39 Å². The lowest BCUT2D eigenvalue weighted by atomic mass is 10.3. The molecule has 0 saturated carbocycles. The molecule has 0 atom stereocenters. The summed E-state index contributed by atoms with van der Waals surface area (Å²) in [6, 6.07) is 5.61. The molecule has 0 aliphatic rings. The van der Waals surface area contributed by atoms with Crippen molar-refractivity contribution in [2.75, 3.05) is 17.2 Å². The first-order chi connectivity index (χ1) is 8.56. The molecule has 0 saturated heterocycles. The van der Waals surface area contributed by atoms with Crippen LogP contribution in [0.25, 0.3) is 0 Å². The summed E-state index contributed by atoms with van der Waals surface area (Å²) in [6.45, 7) is 0. The van der Waals surface area contributed by atoms with Gasteiger partial charge < -0.3 is 17.2 Å². The summed E-state index contributed by atoms with van der Waals surface area (Å²) in [4.78, 5) is 7.40. The number of hydrogen-bond acceptors (Lipinski definition) is 7. The zero-order chi connectivity index (χ0) is 13.1. The fraction of sp³-hybridized carbons (Fsp3) is 0. The van der Waals surface area contributed by atoms with Crippen LogP contribution in [0.2, 0.25) is 0 Å². The second-order valence-corrected chi connectivity index (χ2v) is 3.38. The lowest BCUT2D eigenvalue weighted by Crippen LogP contribution is -2.03. The first-order valence-corrected chi connectivity index (χ1v) is 4.92. The van der Waals surface area contributed by atoms with Crippen molar-refractivity contribution in [1.82, 2.24) is 9.97 Å². The Morgan fingerprint density at radius 1 is 1.00 bits per heavy atom. The van der Waals surface area contributed by atoms with Crippen LogP contribution in [0.3, 0.4) is 0 Å². The van der Waals surface area contributed by atoms with Crippen molar-refractivity contribution in [3.05, 3.63) is 30.1 Å². The van der Waals surface area contributed by atoms with Gasteiger partial charge in [0.2, 0.25) is 5.95 Å². The maximum atomic E-state index is 12.9. The zero-order valence-corrected chi connectivity index (χ0v) is 9.21. The predicted octanol–water partition coefficient (Wildman–Crippen LogP) is 1.78. The molecule has 0 aliphatic heterocycles. The maximum Gasteiger partial charge on any atom is 0.224 e. The molecule has 7 nitrogen and oxygen atoms in total. The van der Waals surface area contributed by atoms with Gasteiger partial charge in [0.1, 0.15) is 5.82 Å². The van der Waals surface area contributed by atoms with Crippen LogP contribution < -0.4 is 17.2 Å². The Morgan fingerprint density at radius 3 is 2.28 bits per heavy atom. The lowest BCUT2D eigenvalue weighted by molar-refractivity contribution is 0.628. The summed E-state index contributed by atoms with van der Waals surface area (Å²) in [6.07, 6.45) is 0. The van der Waals surface area contributed by atoms with Crippen LogP contribution in [0.5, 0.6) is 0 Å². The van der Waals surface area contributed by atoms with Crippen molar-refractivity contribution in [1.29, 1.82) is 0 Å². The minimum atomic E-state index is -0.416. The van der Waals surface area contributed by atoms with Crippen molar-refractivity contribution in [3.63, 3.8) is 0 Å². The number of aromatic nitrogens is 2. The minimum Gasteiger partial charge on any atom is -0.382 e. The van der Waals surface area contributed by atoms with Gasteiger partial charge in [-0.2, -0.15) is 15.1 Å². The zero-order valence-electron chi connectivity index (χ0n) is 9.21. The Labute approximate surface area is 102 Å². The Kier molecular flexibility index (Phi) is 3.00. The van der Waals surface area contributed by atoms with E-state index < -0.39 is 5.82 Å². The number of hydrogen-bond donors (Lipinski definition) is 3. The fourth-order valence-electron chi connectivity index (χ4n) is 1.26. The van der Waals surface area contributed by atoms with E-state index in [2.05, 4.69) is 20.2 Å². The van der Waals surface area contributed by atoms with Gasteiger partial charge in [-0.15, -0.1) is 5.11 Å². The molecule has 0 unspecified atom stereocenters. The average Bonchev–Trinajstić information content (AvgIpc) is 2.27. The van der Waals surface area contributed by atoms with E-state index in [1.54, 1.807) is 6.07 Å². The highest BCUT2D eigenvalue weighted by atomic mass is 19.1. The SMILES string of the molecule is Nc1nc(N)c(N=Nc2cccc(F)c2)c(N)n1. The Balaban J connectivity index is 2.35. The van der Waals surface area contributed by atoms with Gasteiger partial charge >= 0.3 is 0 Å². The van der Waals surface area contributed by atoms with E-state index in [4.69, 9.17) is 17.2 Å². The Bertz CT molecular complexity index is 588. The van der Waals surface area contributed by atoms with Gasteiger partial charge in [-0.3, -0.25) is 0 Å². The van der Waals surface area contributed by atoms with E-state index in [1.807, 2.05) is 0 Å². The average molecular weight is 247 g/mol. The first kappa shape index (κ1) is 11.7. The van der Waals surface area contributed by atoms with E-state index in [9.17, 15) is 4.39 Å². The van der Waals surface area contributed by atoms with Crippen LogP contribution in [0.1, 0.15) is 0 Å². The molecule has 2 aromatic rings. The van der Waals surface area contributed by atoms with E-state index >= 15 is 0 Å². The number of benzene rings is 1. The lowest BCUT2D eigenvalue weighted by Gasteiger charge is -2.02. The normalized spacial score (nSPS) is 10.9. The quantitative estimate of drug-likeness (QED) is 0.696. The number of rotatable bonds is 2. The molecule has 6 N–H and O–H groups in total. The second kappa shape index (κ2) is 4.62. The van der Waals surface area contributed by atoms with Crippen LogP contribution in [-0.2, 0) is 0 Å². The number of halogens is 1. The highest BCUT2D eigenvalue weighted by molar-refractivity contribution is 5.71. The minimum absolute atomic E-state index is 0.0140. The number of nitrogens with two attached hydrogens (primary N) is 3. The van der Waals surface area contributed by atoms with Gasteiger partial charge in [0, 0.05) is 6.07 Å². The molecule has 0 aliphatic carbocycles. The third-order valence-corrected chi connectivity index (χ3v) is 2.03. The van der Waals surface area contributed by atoms with Gasteiger partial charge in [-0.1, -0.05) is 6.07 Å². The third kappa shape index (κ3) is 2.48. The van der Waals surface area contributed by atoms with Crippen molar-refractivity contribution >= 4 is 29.0 Å².